The van der Waals surface area contributed by atoms with Crippen LogP contribution in [0, 0.1) is 0 Å². The fourth-order valence-corrected chi connectivity index (χ4v) is 2.56. The second kappa shape index (κ2) is 5.90. The maximum absolute atomic E-state index is 5.73. The van der Waals surface area contributed by atoms with Gasteiger partial charge in [0.25, 0.3) is 0 Å². The quantitative estimate of drug-likeness (QED) is 0.662. The number of ether oxygens (including phenoxy) is 1. The van der Waals surface area contributed by atoms with Gasteiger partial charge >= 0.3 is 0 Å². The number of nitrogens with two attached hydrogens (primary N) is 1. The van der Waals surface area contributed by atoms with E-state index < -0.39 is 0 Å². The Labute approximate surface area is 116 Å². The summed E-state index contributed by atoms with van der Waals surface area (Å²) >= 11 is 0. The lowest BCUT2D eigenvalue weighted by molar-refractivity contribution is 0.0295. The van der Waals surface area contributed by atoms with Gasteiger partial charge in [0.15, 0.2) is 0 Å². The first-order valence-corrected chi connectivity index (χ1v) is 6.88. The van der Waals surface area contributed by atoms with Crippen molar-refractivity contribution in [1.29, 1.82) is 0 Å². The largest absolute Gasteiger partial charge is 0.379 e. The fraction of sp³-hybridized carbons (Fsp3) is 0.600. The van der Waals surface area contributed by atoms with E-state index in [1.165, 1.54) is 5.56 Å². The molecule has 0 aromatic heterocycles. The van der Waals surface area contributed by atoms with Gasteiger partial charge in [0.2, 0.25) is 0 Å². The standard InChI is InChI=1S/C15H25N3O/c1-15(2,12-18-8-10-19-11-9-18)13-4-6-14(7-5-13)17(3)16/h4-7H,8-12,16H2,1-3H3. The van der Waals surface area contributed by atoms with Crippen LogP contribution in [0.4, 0.5) is 5.69 Å². The first-order valence-electron chi connectivity index (χ1n) is 6.88. The van der Waals surface area contributed by atoms with Crippen molar-refractivity contribution in [2.75, 3.05) is 44.9 Å². The molecule has 1 heterocycles. The Kier molecular flexibility index (Phi) is 4.45. The molecular formula is C15H25N3O. The maximum atomic E-state index is 5.73. The van der Waals surface area contributed by atoms with Crippen molar-refractivity contribution in [1.82, 2.24) is 4.90 Å². The summed E-state index contributed by atoms with van der Waals surface area (Å²) in [5.74, 6) is 5.73. The van der Waals surface area contributed by atoms with E-state index in [2.05, 4.69) is 43.0 Å². The zero-order chi connectivity index (χ0) is 13.9. The van der Waals surface area contributed by atoms with Gasteiger partial charge in [0, 0.05) is 32.1 Å². The number of hydrogen-bond donors (Lipinski definition) is 1. The molecule has 1 saturated heterocycles. The van der Waals surface area contributed by atoms with Crippen molar-refractivity contribution in [2.45, 2.75) is 19.3 Å². The Hall–Kier alpha value is -1.10. The molecule has 4 nitrogen and oxygen atoms in total. The van der Waals surface area contributed by atoms with Crippen molar-refractivity contribution >= 4 is 5.69 Å². The third kappa shape index (κ3) is 3.69. The molecule has 0 spiro atoms. The van der Waals surface area contributed by atoms with Gasteiger partial charge in [-0.05, 0) is 17.7 Å². The van der Waals surface area contributed by atoms with Crippen molar-refractivity contribution in [3.63, 3.8) is 0 Å². The van der Waals surface area contributed by atoms with E-state index in [4.69, 9.17) is 10.6 Å². The Morgan fingerprint density at radius 1 is 1.21 bits per heavy atom. The van der Waals surface area contributed by atoms with Crippen molar-refractivity contribution in [3.05, 3.63) is 29.8 Å². The smallest absolute Gasteiger partial charge is 0.0594 e. The van der Waals surface area contributed by atoms with Crippen LogP contribution in [0.1, 0.15) is 19.4 Å². The van der Waals surface area contributed by atoms with Crippen LogP contribution in [0.15, 0.2) is 24.3 Å². The van der Waals surface area contributed by atoms with Crippen LogP contribution in [-0.4, -0.2) is 44.8 Å². The molecule has 1 aliphatic heterocycles. The van der Waals surface area contributed by atoms with Gasteiger partial charge in [0.05, 0.1) is 18.9 Å². The normalized spacial score (nSPS) is 17.5. The maximum Gasteiger partial charge on any atom is 0.0594 e. The highest BCUT2D eigenvalue weighted by atomic mass is 16.5. The Balaban J connectivity index is 2.05. The van der Waals surface area contributed by atoms with E-state index in [0.29, 0.717) is 0 Å². The minimum absolute atomic E-state index is 0.142. The van der Waals surface area contributed by atoms with Crippen LogP contribution >= 0.6 is 0 Å². The molecule has 0 aliphatic carbocycles. The van der Waals surface area contributed by atoms with Gasteiger partial charge in [-0.2, -0.15) is 0 Å². The highest BCUT2D eigenvalue weighted by molar-refractivity contribution is 5.46. The summed E-state index contributed by atoms with van der Waals surface area (Å²) in [5.41, 5.74) is 2.53. The number of hydrazine groups is 1. The van der Waals surface area contributed by atoms with Gasteiger partial charge in [-0.15, -0.1) is 0 Å². The third-order valence-electron chi connectivity index (χ3n) is 3.78. The van der Waals surface area contributed by atoms with E-state index in [1.54, 1.807) is 5.01 Å². The Bertz CT molecular complexity index is 394. The molecule has 2 N–H and O–H groups in total. The summed E-state index contributed by atoms with van der Waals surface area (Å²) in [6, 6.07) is 8.52. The predicted molar refractivity (Wildman–Crippen MR) is 79.3 cm³/mol. The molecule has 0 amide bonds. The summed E-state index contributed by atoms with van der Waals surface area (Å²) in [4.78, 5) is 2.48. The third-order valence-corrected chi connectivity index (χ3v) is 3.78. The van der Waals surface area contributed by atoms with Gasteiger partial charge < -0.3 is 9.75 Å². The molecule has 106 valence electrons. The Morgan fingerprint density at radius 3 is 2.32 bits per heavy atom. The van der Waals surface area contributed by atoms with Gasteiger partial charge in [-0.25, -0.2) is 5.84 Å². The minimum Gasteiger partial charge on any atom is -0.379 e. The fourth-order valence-electron chi connectivity index (χ4n) is 2.56. The molecule has 1 fully saturated rings. The molecule has 19 heavy (non-hydrogen) atoms. The van der Waals surface area contributed by atoms with Gasteiger partial charge in [0.1, 0.15) is 0 Å². The lowest BCUT2D eigenvalue weighted by atomic mass is 9.84. The van der Waals surface area contributed by atoms with Crippen LogP contribution in [0.25, 0.3) is 0 Å². The average Bonchev–Trinajstić information content (AvgIpc) is 2.39. The van der Waals surface area contributed by atoms with Crippen molar-refractivity contribution in [3.8, 4) is 0 Å². The Morgan fingerprint density at radius 2 is 1.79 bits per heavy atom. The van der Waals surface area contributed by atoms with Crippen LogP contribution < -0.4 is 10.9 Å². The monoisotopic (exact) mass is 263 g/mol. The average molecular weight is 263 g/mol. The zero-order valence-electron chi connectivity index (χ0n) is 12.2. The summed E-state index contributed by atoms with van der Waals surface area (Å²) in [5, 5.41) is 1.64. The van der Waals surface area contributed by atoms with Crippen molar-refractivity contribution < 1.29 is 4.74 Å². The molecule has 1 aromatic rings. The van der Waals surface area contributed by atoms with E-state index in [9.17, 15) is 0 Å². The minimum atomic E-state index is 0.142. The SMILES string of the molecule is CN(N)c1ccc(C(C)(C)CN2CCOCC2)cc1. The van der Waals surface area contributed by atoms with E-state index in [1.807, 2.05) is 7.05 Å². The molecule has 0 radical (unpaired) electrons. The lowest BCUT2D eigenvalue weighted by Crippen LogP contribution is -2.43. The predicted octanol–water partition coefficient (Wildman–Crippen LogP) is 1.61. The van der Waals surface area contributed by atoms with Crippen LogP contribution in [0.2, 0.25) is 0 Å². The van der Waals surface area contributed by atoms with Crippen molar-refractivity contribution in [2.24, 2.45) is 5.84 Å². The number of anilines is 1. The molecule has 1 aliphatic rings. The molecular weight excluding hydrogens is 238 g/mol. The topological polar surface area (TPSA) is 41.7 Å². The van der Waals surface area contributed by atoms with E-state index in [-0.39, 0.29) is 5.41 Å². The highest BCUT2D eigenvalue weighted by Crippen LogP contribution is 2.26. The number of morpholine rings is 1. The summed E-state index contributed by atoms with van der Waals surface area (Å²) in [7, 11) is 1.86. The molecule has 4 heteroatoms. The van der Waals surface area contributed by atoms with Gasteiger partial charge in [-0.1, -0.05) is 26.0 Å². The first kappa shape index (κ1) is 14.3. The molecule has 2 rings (SSSR count). The van der Waals surface area contributed by atoms with Crippen LogP contribution in [0.3, 0.4) is 0 Å². The second-order valence-corrected chi connectivity index (χ2v) is 5.93. The molecule has 0 unspecified atom stereocenters. The lowest BCUT2D eigenvalue weighted by Gasteiger charge is -2.35. The summed E-state index contributed by atoms with van der Waals surface area (Å²) < 4.78 is 5.40. The number of benzene rings is 1. The molecule has 1 aromatic carbocycles. The summed E-state index contributed by atoms with van der Waals surface area (Å²) in [6.45, 7) is 9.43. The molecule has 0 atom stereocenters. The van der Waals surface area contributed by atoms with Gasteiger partial charge in [-0.3, -0.25) is 4.90 Å². The van der Waals surface area contributed by atoms with E-state index in [0.717, 1.165) is 38.5 Å². The zero-order valence-corrected chi connectivity index (χ0v) is 12.2. The first-order chi connectivity index (χ1) is 8.99. The summed E-state index contributed by atoms with van der Waals surface area (Å²) in [6.07, 6.45) is 0. The highest BCUT2D eigenvalue weighted by Gasteiger charge is 2.25. The number of hydrogen-bond acceptors (Lipinski definition) is 4. The number of nitrogens with zero attached hydrogens (tertiary/aromatic N) is 2. The van der Waals surface area contributed by atoms with E-state index >= 15 is 0 Å². The van der Waals surface area contributed by atoms with Crippen LogP contribution in [0.5, 0.6) is 0 Å². The van der Waals surface area contributed by atoms with Crippen LogP contribution in [-0.2, 0) is 10.2 Å². The molecule has 0 saturated carbocycles. The second-order valence-electron chi connectivity index (χ2n) is 5.93. The number of rotatable bonds is 4. The molecule has 0 bridgehead atoms.